The van der Waals surface area contributed by atoms with Gasteiger partial charge in [0.25, 0.3) is 0 Å². The summed E-state index contributed by atoms with van der Waals surface area (Å²) in [5, 5.41) is 0. The van der Waals surface area contributed by atoms with Crippen LogP contribution in [-0.2, 0) is 0 Å². The van der Waals surface area contributed by atoms with Gasteiger partial charge in [-0.15, -0.1) is 0 Å². The Kier molecular flexibility index (Phi) is 16.0. The summed E-state index contributed by atoms with van der Waals surface area (Å²) in [6.45, 7) is 9.50. The van der Waals surface area contributed by atoms with Gasteiger partial charge in [-0.25, -0.2) is 0 Å². The zero-order valence-electron chi connectivity index (χ0n) is 17.6. The van der Waals surface area contributed by atoms with Crippen LogP contribution in [0.1, 0.15) is 118 Å². The summed E-state index contributed by atoms with van der Waals surface area (Å²) in [5.74, 6) is 0. The summed E-state index contributed by atoms with van der Waals surface area (Å²) >= 11 is 3.08. The third-order valence-electron chi connectivity index (χ3n) is 5.71. The molecule has 0 aromatic carbocycles. The van der Waals surface area contributed by atoms with Crippen molar-refractivity contribution in [2.24, 2.45) is 0 Å². The number of halogens is 1. The van der Waals surface area contributed by atoms with Crippen LogP contribution in [0.4, 0.5) is 0 Å². The molecule has 0 saturated heterocycles. The van der Waals surface area contributed by atoms with Crippen molar-refractivity contribution < 1.29 is 0 Å². The van der Waals surface area contributed by atoms with E-state index in [1.807, 2.05) is 0 Å². The van der Waals surface area contributed by atoms with Crippen molar-refractivity contribution in [3.8, 4) is 0 Å². The second-order valence-corrected chi connectivity index (χ2v) is 21.9. The maximum absolute atomic E-state index is 3.08. The van der Waals surface area contributed by atoms with Crippen LogP contribution in [0.3, 0.4) is 0 Å². The van der Waals surface area contributed by atoms with Crippen molar-refractivity contribution in [1.29, 1.82) is 0 Å². The molecule has 0 nitrogen and oxygen atoms in total. The molecule has 148 valence electrons. The molecule has 0 aromatic rings. The Labute approximate surface area is 168 Å². The van der Waals surface area contributed by atoms with Gasteiger partial charge in [0.1, 0.15) is 0 Å². The molecule has 0 N–H and O–H groups in total. The molecule has 0 aliphatic rings. The normalized spacial score (nSPS) is 13.8. The number of unbranched alkanes of at least 4 members (excludes halogenated alkanes) is 10. The molecule has 0 amide bonds. The average molecular weight is 471 g/mol. The van der Waals surface area contributed by atoms with Crippen LogP contribution in [0.5, 0.6) is 0 Å². The maximum atomic E-state index is 3.08. The van der Waals surface area contributed by atoms with E-state index in [1.54, 1.807) is 24.6 Å². The Morgan fingerprint density at radius 2 is 0.750 bits per heavy atom. The van der Waals surface area contributed by atoms with E-state index in [-0.39, 0.29) is 0 Å². The third-order valence-corrected chi connectivity index (χ3v) is 17.5. The fourth-order valence-corrected chi connectivity index (χ4v) is 14.9. The molecule has 0 spiro atoms. The molecular weight excluding hydrogens is 422 g/mol. The Morgan fingerprint density at radius 1 is 0.417 bits per heavy atom. The van der Waals surface area contributed by atoms with Crippen LogP contribution < -0.4 is 0 Å². The summed E-state index contributed by atoms with van der Waals surface area (Å²) in [6.07, 6.45) is 26.6. The second-order valence-electron chi connectivity index (χ2n) is 8.25. The summed E-state index contributed by atoms with van der Waals surface area (Å²) in [4.78, 5) is 0. The Morgan fingerprint density at radius 3 is 1.08 bits per heavy atom. The minimum absolute atomic E-state index is 1.37. The van der Waals surface area contributed by atoms with Gasteiger partial charge in [0.2, 0.25) is 0 Å². The molecule has 0 saturated carbocycles. The van der Waals surface area contributed by atoms with Gasteiger partial charge in [0.15, 0.2) is 0 Å². The molecule has 0 rings (SSSR count). The quantitative estimate of drug-likeness (QED) is 0.106. The van der Waals surface area contributed by atoms with Gasteiger partial charge in [-0.3, -0.25) is 0 Å². The Balaban J connectivity index is 4.41. The van der Waals surface area contributed by atoms with Crippen molar-refractivity contribution in [3.63, 3.8) is 0 Å². The van der Waals surface area contributed by atoms with E-state index < -0.39 is 4.25 Å². The van der Waals surface area contributed by atoms with Crippen LogP contribution in [0.2, 0.25) is 0 Å². The van der Waals surface area contributed by atoms with E-state index in [1.165, 1.54) is 89.9 Å². The molecule has 0 aromatic heterocycles. The van der Waals surface area contributed by atoms with Gasteiger partial charge in [-0.05, 0) is 0 Å². The van der Waals surface area contributed by atoms with Crippen molar-refractivity contribution in [2.75, 3.05) is 24.6 Å². The monoisotopic (exact) mass is 470 g/mol. The first kappa shape index (κ1) is 25.2. The number of rotatable bonds is 18. The predicted molar refractivity (Wildman–Crippen MR) is 128 cm³/mol. The van der Waals surface area contributed by atoms with Crippen LogP contribution in [0, 0.1) is 0 Å². The Hall–Kier alpha value is 1.16. The molecule has 0 aliphatic carbocycles. The van der Waals surface area contributed by atoms with E-state index in [0.29, 0.717) is 0 Å². The van der Waals surface area contributed by atoms with Gasteiger partial charge >= 0.3 is 169 Å². The summed E-state index contributed by atoms with van der Waals surface area (Å²) in [5.41, 5.74) is 0. The minimum atomic E-state index is -1.45. The fourth-order valence-electron chi connectivity index (χ4n) is 4.36. The summed E-state index contributed by atoms with van der Waals surface area (Å²) < 4.78 is -1.45. The first-order valence-corrected chi connectivity index (χ1v) is 17.0. The van der Waals surface area contributed by atoms with Gasteiger partial charge in [0, 0.05) is 0 Å². The predicted octanol–water partition coefficient (Wildman–Crippen LogP) is 9.43. The van der Waals surface area contributed by atoms with Gasteiger partial charge < -0.3 is 0 Å². The zero-order valence-corrected chi connectivity index (χ0v) is 20.6. The van der Waals surface area contributed by atoms with Crippen molar-refractivity contribution >= 4 is 26.3 Å². The van der Waals surface area contributed by atoms with E-state index in [0.717, 1.165) is 0 Å². The van der Waals surface area contributed by atoms with Crippen LogP contribution >= 0.6 is 26.3 Å². The van der Waals surface area contributed by atoms with Crippen molar-refractivity contribution in [1.82, 2.24) is 0 Å². The molecule has 0 bridgehead atoms. The van der Waals surface area contributed by atoms with Crippen LogP contribution in [0.25, 0.3) is 0 Å². The first-order valence-electron chi connectivity index (χ1n) is 11.3. The third kappa shape index (κ3) is 11.7. The Bertz CT molecular complexity index is 251. The van der Waals surface area contributed by atoms with Crippen LogP contribution in [-0.4, -0.2) is 24.6 Å². The van der Waals surface area contributed by atoms with Crippen molar-refractivity contribution in [3.05, 3.63) is 0 Å². The van der Waals surface area contributed by atoms with E-state index >= 15 is 0 Å². The van der Waals surface area contributed by atoms with Crippen molar-refractivity contribution in [2.45, 2.75) is 118 Å². The molecule has 0 fully saturated rings. The molecule has 2 heteroatoms. The molecule has 0 atom stereocenters. The molecule has 0 aliphatic heterocycles. The fraction of sp³-hybridized carbons (Fsp3) is 1.00. The summed E-state index contributed by atoms with van der Waals surface area (Å²) in [7, 11) is 0. The van der Waals surface area contributed by atoms with Crippen LogP contribution in [0.15, 0.2) is 0 Å². The topological polar surface area (TPSA) is 0 Å². The molecule has 0 radical (unpaired) electrons. The SMILES string of the molecule is CCCCCCCCP(I)(CCC)(CCC)CCCCCCCC. The zero-order chi connectivity index (χ0) is 18.2. The number of hydrogen-bond acceptors (Lipinski definition) is 0. The first-order chi connectivity index (χ1) is 11.5. The molecular formula is C22H48IP. The van der Waals surface area contributed by atoms with E-state index in [9.17, 15) is 0 Å². The molecule has 0 unspecified atom stereocenters. The molecule has 24 heavy (non-hydrogen) atoms. The van der Waals surface area contributed by atoms with Gasteiger partial charge in [-0.2, -0.15) is 0 Å². The average Bonchev–Trinajstić information content (AvgIpc) is 2.55. The van der Waals surface area contributed by atoms with E-state index in [4.69, 9.17) is 0 Å². The van der Waals surface area contributed by atoms with Gasteiger partial charge in [0.05, 0.1) is 0 Å². The second kappa shape index (κ2) is 15.2. The van der Waals surface area contributed by atoms with E-state index in [2.05, 4.69) is 49.7 Å². The summed E-state index contributed by atoms with van der Waals surface area (Å²) in [6, 6.07) is 0. The molecule has 0 heterocycles. The number of hydrogen-bond donors (Lipinski definition) is 0. The van der Waals surface area contributed by atoms with Gasteiger partial charge in [-0.1, -0.05) is 0 Å². The standard InChI is InChI=1S/C22H48IP/c1-5-9-11-13-15-17-21-24(23,19-7-3,20-8-4)22-18-16-14-12-10-6-2/h5-22H2,1-4H3.